The monoisotopic (exact) mass is 363 g/mol. The quantitative estimate of drug-likeness (QED) is 0.684. The molecule has 0 aromatic heterocycles. The Kier molecular flexibility index (Phi) is 6.79. The first kappa shape index (κ1) is 19.7. The lowest BCUT2D eigenvalue weighted by molar-refractivity contribution is 0.165. The number of rotatable bonds is 8. The Morgan fingerprint density at radius 1 is 1.04 bits per heavy atom. The molecule has 0 amide bonds. The van der Waals surface area contributed by atoms with Crippen LogP contribution in [0, 0.1) is 6.92 Å². The van der Waals surface area contributed by atoms with Crippen LogP contribution < -0.4 is 4.74 Å². The van der Waals surface area contributed by atoms with E-state index in [1.807, 2.05) is 61.5 Å². The second-order valence-electron chi connectivity index (χ2n) is 6.34. The van der Waals surface area contributed by atoms with Crippen molar-refractivity contribution in [3.05, 3.63) is 65.7 Å². The summed E-state index contributed by atoms with van der Waals surface area (Å²) in [7, 11) is -4.29. The molecule has 2 N–H and O–H groups in total. The summed E-state index contributed by atoms with van der Waals surface area (Å²) < 4.78 is 19.1. The van der Waals surface area contributed by atoms with E-state index in [-0.39, 0.29) is 18.7 Å². The van der Waals surface area contributed by atoms with Crippen molar-refractivity contribution in [1.29, 1.82) is 0 Å². The molecule has 0 fully saturated rings. The third kappa shape index (κ3) is 5.68. The van der Waals surface area contributed by atoms with Crippen LogP contribution >= 0.6 is 7.75 Å². The lowest BCUT2D eigenvalue weighted by atomic mass is 10.1. The van der Waals surface area contributed by atoms with E-state index in [0.29, 0.717) is 6.42 Å². The van der Waals surface area contributed by atoms with Crippen molar-refractivity contribution in [2.24, 2.45) is 0 Å². The Labute approximate surface area is 149 Å². The van der Waals surface area contributed by atoms with Gasteiger partial charge in [-0.05, 0) is 38.0 Å². The minimum atomic E-state index is -4.29. The van der Waals surface area contributed by atoms with Crippen LogP contribution in [-0.4, -0.2) is 27.0 Å². The van der Waals surface area contributed by atoms with Crippen LogP contribution in [0.5, 0.6) is 5.75 Å². The molecule has 0 aliphatic heterocycles. The fourth-order valence-electron chi connectivity index (χ4n) is 2.74. The van der Waals surface area contributed by atoms with Gasteiger partial charge in [0.05, 0.1) is 0 Å². The molecule has 0 spiro atoms. The standard InChI is InChI=1S/C19H26NO4P/c1-15(2)20(25(21,22)23)14-13-19(17-10-5-4-6-11-17)24-18-12-8-7-9-16(18)3/h4-12,15,19H,13-14H2,1-3H3,(H2,21,22,23). The SMILES string of the molecule is Cc1ccccc1OC(CCN(C(C)C)P(=O)(O)O)c1ccccc1. The number of hydrogen-bond acceptors (Lipinski definition) is 2. The van der Waals surface area contributed by atoms with Gasteiger partial charge in [0.2, 0.25) is 0 Å². The van der Waals surface area contributed by atoms with Gasteiger partial charge in [0, 0.05) is 19.0 Å². The van der Waals surface area contributed by atoms with Crippen LogP contribution in [0.3, 0.4) is 0 Å². The number of ether oxygens (including phenoxy) is 1. The van der Waals surface area contributed by atoms with Gasteiger partial charge in [0.25, 0.3) is 0 Å². The van der Waals surface area contributed by atoms with Crippen molar-refractivity contribution in [3.63, 3.8) is 0 Å². The zero-order chi connectivity index (χ0) is 18.4. The van der Waals surface area contributed by atoms with Crippen molar-refractivity contribution in [2.75, 3.05) is 6.54 Å². The Morgan fingerprint density at radius 2 is 1.64 bits per heavy atom. The highest BCUT2D eigenvalue weighted by Crippen LogP contribution is 2.42. The molecule has 25 heavy (non-hydrogen) atoms. The van der Waals surface area contributed by atoms with E-state index in [1.54, 1.807) is 13.8 Å². The third-order valence-corrected chi connectivity index (χ3v) is 5.42. The summed E-state index contributed by atoms with van der Waals surface area (Å²) in [5.74, 6) is 0.781. The average Bonchev–Trinajstić information content (AvgIpc) is 2.55. The average molecular weight is 363 g/mol. The topological polar surface area (TPSA) is 70.0 Å². The van der Waals surface area contributed by atoms with E-state index < -0.39 is 7.75 Å². The molecule has 0 aliphatic carbocycles. The maximum atomic E-state index is 11.7. The minimum Gasteiger partial charge on any atom is -0.485 e. The molecule has 0 bridgehead atoms. The molecule has 0 radical (unpaired) electrons. The molecule has 136 valence electrons. The maximum Gasteiger partial charge on any atom is 0.403 e. The maximum absolute atomic E-state index is 11.7. The first-order valence-corrected chi connectivity index (χ1v) is 9.95. The zero-order valence-electron chi connectivity index (χ0n) is 14.9. The molecular weight excluding hydrogens is 337 g/mol. The molecule has 2 rings (SSSR count). The molecule has 1 atom stereocenters. The molecule has 2 aromatic rings. The van der Waals surface area contributed by atoms with Gasteiger partial charge in [0.15, 0.2) is 0 Å². The molecular formula is C19H26NO4P. The number of para-hydroxylation sites is 1. The largest absolute Gasteiger partial charge is 0.485 e. The molecule has 5 nitrogen and oxygen atoms in total. The van der Waals surface area contributed by atoms with Crippen LogP contribution in [0.1, 0.15) is 37.5 Å². The van der Waals surface area contributed by atoms with Crippen LogP contribution in [-0.2, 0) is 4.57 Å². The first-order valence-electron chi connectivity index (χ1n) is 8.39. The number of hydrogen-bond donors (Lipinski definition) is 2. The summed E-state index contributed by atoms with van der Waals surface area (Å²) in [5, 5.41) is 0. The van der Waals surface area contributed by atoms with E-state index in [1.165, 1.54) is 4.67 Å². The summed E-state index contributed by atoms with van der Waals surface area (Å²) in [5.41, 5.74) is 2.01. The van der Waals surface area contributed by atoms with E-state index in [2.05, 4.69) is 0 Å². The first-order chi connectivity index (χ1) is 11.8. The fourth-order valence-corrected chi connectivity index (χ4v) is 3.72. The predicted molar refractivity (Wildman–Crippen MR) is 99.5 cm³/mol. The fraction of sp³-hybridized carbons (Fsp3) is 0.368. The highest BCUT2D eigenvalue weighted by atomic mass is 31.2. The number of aryl methyl sites for hydroxylation is 1. The van der Waals surface area contributed by atoms with Crippen LogP contribution in [0.4, 0.5) is 0 Å². The Morgan fingerprint density at radius 3 is 2.20 bits per heavy atom. The summed E-state index contributed by atoms with van der Waals surface area (Å²) in [6, 6.07) is 17.3. The van der Waals surface area contributed by atoms with Gasteiger partial charge in [-0.3, -0.25) is 0 Å². The molecule has 0 aliphatic rings. The van der Waals surface area contributed by atoms with Gasteiger partial charge < -0.3 is 14.5 Å². The van der Waals surface area contributed by atoms with Gasteiger partial charge in [-0.15, -0.1) is 0 Å². The van der Waals surface area contributed by atoms with Crippen molar-refractivity contribution >= 4 is 7.75 Å². The van der Waals surface area contributed by atoms with E-state index in [9.17, 15) is 14.4 Å². The number of nitrogens with zero attached hydrogens (tertiary/aromatic N) is 1. The van der Waals surface area contributed by atoms with Gasteiger partial charge >= 0.3 is 7.75 Å². The van der Waals surface area contributed by atoms with Gasteiger partial charge in [-0.25, -0.2) is 9.24 Å². The summed E-state index contributed by atoms with van der Waals surface area (Å²) in [6.07, 6.45) is 0.192. The molecule has 6 heteroatoms. The summed E-state index contributed by atoms with van der Waals surface area (Å²) in [4.78, 5) is 19.1. The number of benzene rings is 2. The molecule has 0 saturated heterocycles. The highest BCUT2D eigenvalue weighted by molar-refractivity contribution is 7.49. The van der Waals surface area contributed by atoms with Gasteiger partial charge in [0.1, 0.15) is 11.9 Å². The normalized spacial score (nSPS) is 13.2. The van der Waals surface area contributed by atoms with Gasteiger partial charge in [-0.2, -0.15) is 0 Å². The van der Waals surface area contributed by atoms with Crippen LogP contribution in [0.25, 0.3) is 0 Å². The second kappa shape index (κ2) is 8.63. The smallest absolute Gasteiger partial charge is 0.403 e. The molecule has 0 heterocycles. The second-order valence-corrected chi connectivity index (χ2v) is 7.88. The van der Waals surface area contributed by atoms with Crippen LogP contribution in [0.2, 0.25) is 0 Å². The van der Waals surface area contributed by atoms with Crippen molar-refractivity contribution in [2.45, 2.75) is 39.3 Å². The lowest BCUT2D eigenvalue weighted by Gasteiger charge is -2.29. The van der Waals surface area contributed by atoms with Crippen molar-refractivity contribution in [1.82, 2.24) is 4.67 Å². The predicted octanol–water partition coefficient (Wildman–Crippen LogP) is 4.31. The van der Waals surface area contributed by atoms with Crippen LogP contribution in [0.15, 0.2) is 54.6 Å². The lowest BCUT2D eigenvalue weighted by Crippen LogP contribution is -2.30. The van der Waals surface area contributed by atoms with Gasteiger partial charge in [-0.1, -0.05) is 48.5 Å². The summed E-state index contributed by atoms with van der Waals surface area (Å²) in [6.45, 7) is 5.78. The molecule has 2 aromatic carbocycles. The minimum absolute atomic E-state index is 0.243. The third-order valence-electron chi connectivity index (χ3n) is 4.09. The Bertz CT molecular complexity index is 714. The Balaban J connectivity index is 2.21. The molecule has 1 unspecified atom stereocenters. The van der Waals surface area contributed by atoms with E-state index in [0.717, 1.165) is 16.9 Å². The Hall–Kier alpha value is -1.65. The van der Waals surface area contributed by atoms with Crippen molar-refractivity contribution < 1.29 is 19.1 Å². The zero-order valence-corrected chi connectivity index (χ0v) is 15.8. The molecule has 0 saturated carbocycles. The summed E-state index contributed by atoms with van der Waals surface area (Å²) >= 11 is 0. The highest BCUT2D eigenvalue weighted by Gasteiger charge is 2.29. The van der Waals surface area contributed by atoms with E-state index >= 15 is 0 Å². The van der Waals surface area contributed by atoms with Crippen molar-refractivity contribution in [3.8, 4) is 5.75 Å². The van der Waals surface area contributed by atoms with E-state index in [4.69, 9.17) is 4.74 Å².